The molecule has 3 rings (SSSR count). The summed E-state index contributed by atoms with van der Waals surface area (Å²) in [5.41, 5.74) is 2.64. The average molecular weight is 300 g/mol. The lowest BCUT2D eigenvalue weighted by Gasteiger charge is -2.11. The fraction of sp³-hybridized carbons (Fsp3) is 0.0667. The second-order valence-corrected chi connectivity index (χ2v) is 4.81. The van der Waals surface area contributed by atoms with Crippen molar-refractivity contribution in [1.29, 1.82) is 5.26 Å². The maximum Gasteiger partial charge on any atom is 0.323 e. The molecule has 0 fully saturated rings. The Morgan fingerprint density at radius 3 is 2.81 bits per heavy atom. The van der Waals surface area contributed by atoms with Crippen molar-refractivity contribution in [1.82, 2.24) is 9.97 Å². The van der Waals surface area contributed by atoms with Gasteiger partial charge in [-0.2, -0.15) is 5.26 Å². The number of halogens is 1. The summed E-state index contributed by atoms with van der Waals surface area (Å²) in [7, 11) is 0. The van der Waals surface area contributed by atoms with Crippen LogP contribution in [0.1, 0.15) is 0 Å². The van der Waals surface area contributed by atoms with Gasteiger partial charge in [-0.3, -0.25) is 0 Å². The number of ether oxygens (including phenoxy) is 1. The normalized spacial score (nSPS) is 10.5. The Kier molecular flexibility index (Phi) is 3.38. The minimum atomic E-state index is -0.262. The molecule has 0 saturated carbocycles. The van der Waals surface area contributed by atoms with Gasteiger partial charge in [0.2, 0.25) is 0 Å². The van der Waals surface area contributed by atoms with Gasteiger partial charge in [0.05, 0.1) is 16.1 Å². The monoisotopic (exact) mass is 299 g/mol. The Hall–Kier alpha value is -2.71. The molecule has 2 N–H and O–H groups in total. The van der Waals surface area contributed by atoms with Crippen LogP contribution in [0.5, 0.6) is 5.75 Å². The van der Waals surface area contributed by atoms with Crippen LogP contribution in [-0.4, -0.2) is 16.6 Å². The van der Waals surface area contributed by atoms with Gasteiger partial charge in [-0.05, 0) is 29.8 Å². The molecular weight excluding hydrogens is 290 g/mol. The highest BCUT2D eigenvalue weighted by atomic mass is 35.5. The fourth-order valence-corrected chi connectivity index (χ4v) is 2.48. The summed E-state index contributed by atoms with van der Waals surface area (Å²) in [6.45, 7) is -0.0590. The number of aromatic amines is 2. The van der Waals surface area contributed by atoms with Crippen LogP contribution in [0, 0.1) is 11.3 Å². The van der Waals surface area contributed by atoms with Crippen molar-refractivity contribution in [2.75, 3.05) is 6.61 Å². The van der Waals surface area contributed by atoms with Crippen molar-refractivity contribution in [2.24, 2.45) is 0 Å². The van der Waals surface area contributed by atoms with E-state index in [1.54, 1.807) is 24.3 Å². The van der Waals surface area contributed by atoms with Gasteiger partial charge in [-0.25, -0.2) is 4.79 Å². The molecule has 0 bridgehead atoms. The lowest BCUT2D eigenvalue weighted by Crippen LogP contribution is -1.99. The molecule has 0 amide bonds. The number of nitrogens with zero attached hydrogens (tertiary/aromatic N) is 1. The first kappa shape index (κ1) is 13.3. The molecule has 3 aromatic rings. The Bertz CT molecular complexity index is 905. The predicted molar refractivity (Wildman–Crippen MR) is 80.5 cm³/mol. The van der Waals surface area contributed by atoms with Crippen LogP contribution >= 0.6 is 11.6 Å². The van der Waals surface area contributed by atoms with Crippen molar-refractivity contribution in [3.63, 3.8) is 0 Å². The molecule has 21 heavy (non-hydrogen) atoms. The first-order valence-electron chi connectivity index (χ1n) is 6.20. The van der Waals surface area contributed by atoms with Gasteiger partial charge in [-0.1, -0.05) is 23.7 Å². The smallest absolute Gasteiger partial charge is 0.323 e. The molecule has 1 heterocycles. The second-order valence-electron chi connectivity index (χ2n) is 4.40. The Labute approximate surface area is 124 Å². The van der Waals surface area contributed by atoms with E-state index in [4.69, 9.17) is 21.6 Å². The molecule has 0 unspecified atom stereocenters. The number of benzene rings is 2. The average Bonchev–Trinajstić information content (AvgIpc) is 2.84. The van der Waals surface area contributed by atoms with Gasteiger partial charge >= 0.3 is 5.69 Å². The first-order valence-corrected chi connectivity index (χ1v) is 6.57. The van der Waals surface area contributed by atoms with Crippen molar-refractivity contribution in [3.8, 4) is 22.9 Å². The van der Waals surface area contributed by atoms with E-state index in [9.17, 15) is 4.79 Å². The number of hydrogen-bond donors (Lipinski definition) is 2. The third-order valence-electron chi connectivity index (χ3n) is 3.07. The molecule has 0 aliphatic carbocycles. The molecule has 0 radical (unpaired) electrons. The molecule has 104 valence electrons. The van der Waals surface area contributed by atoms with E-state index < -0.39 is 0 Å². The van der Waals surface area contributed by atoms with E-state index in [-0.39, 0.29) is 12.3 Å². The third-order valence-corrected chi connectivity index (χ3v) is 3.39. The number of hydrogen-bond acceptors (Lipinski definition) is 3. The Morgan fingerprint density at radius 1 is 1.19 bits per heavy atom. The first-order chi connectivity index (χ1) is 10.2. The van der Waals surface area contributed by atoms with Crippen LogP contribution in [-0.2, 0) is 0 Å². The van der Waals surface area contributed by atoms with Crippen LogP contribution in [0.15, 0.2) is 41.2 Å². The lowest BCUT2D eigenvalue weighted by molar-refractivity contribution is 0.369. The zero-order valence-electron chi connectivity index (χ0n) is 10.8. The van der Waals surface area contributed by atoms with Gasteiger partial charge in [-0.15, -0.1) is 0 Å². The van der Waals surface area contributed by atoms with E-state index in [0.717, 1.165) is 11.1 Å². The van der Waals surface area contributed by atoms with Crippen LogP contribution in [0.25, 0.3) is 22.2 Å². The summed E-state index contributed by atoms with van der Waals surface area (Å²) in [6, 6.07) is 12.6. The fourth-order valence-electron chi connectivity index (χ4n) is 2.20. The van der Waals surface area contributed by atoms with Crippen LogP contribution < -0.4 is 10.4 Å². The molecule has 1 aromatic heterocycles. The number of nitrogens with one attached hydrogen (secondary N) is 2. The molecule has 2 aromatic carbocycles. The molecule has 0 aliphatic heterocycles. The van der Waals surface area contributed by atoms with Crippen molar-refractivity contribution < 1.29 is 4.74 Å². The molecule has 0 atom stereocenters. The van der Waals surface area contributed by atoms with E-state index in [1.165, 1.54) is 0 Å². The number of imidazole rings is 1. The molecule has 0 spiro atoms. The second kappa shape index (κ2) is 5.35. The molecule has 0 saturated heterocycles. The quantitative estimate of drug-likeness (QED) is 0.779. The third kappa shape index (κ3) is 2.49. The zero-order valence-corrected chi connectivity index (χ0v) is 11.6. The van der Waals surface area contributed by atoms with Gasteiger partial charge in [0.15, 0.2) is 6.61 Å². The van der Waals surface area contributed by atoms with E-state index in [2.05, 4.69) is 9.97 Å². The highest BCUT2D eigenvalue weighted by Crippen LogP contribution is 2.37. The standard InChI is InChI=1S/C15H10ClN3O2/c16-10-2-1-3-13(21-7-6-17)14(10)9-4-5-11-12(8-9)19-15(20)18-11/h1-5,8H,7H2,(H2,18,19,20). The summed E-state index contributed by atoms with van der Waals surface area (Å²) in [6.07, 6.45) is 0. The minimum absolute atomic E-state index is 0.0590. The van der Waals surface area contributed by atoms with Crippen molar-refractivity contribution in [2.45, 2.75) is 0 Å². The number of rotatable bonds is 3. The summed E-state index contributed by atoms with van der Waals surface area (Å²) in [5, 5.41) is 9.17. The summed E-state index contributed by atoms with van der Waals surface area (Å²) in [4.78, 5) is 16.7. The lowest BCUT2D eigenvalue weighted by atomic mass is 10.0. The topological polar surface area (TPSA) is 81.7 Å². The SMILES string of the molecule is N#CCOc1cccc(Cl)c1-c1ccc2[nH]c(=O)[nH]c2c1. The zero-order chi connectivity index (χ0) is 14.8. The summed E-state index contributed by atoms with van der Waals surface area (Å²) >= 11 is 6.26. The maximum absolute atomic E-state index is 11.3. The molecule has 6 heteroatoms. The summed E-state index contributed by atoms with van der Waals surface area (Å²) in [5.74, 6) is 0.529. The highest BCUT2D eigenvalue weighted by Gasteiger charge is 2.12. The Balaban J connectivity index is 2.17. The van der Waals surface area contributed by atoms with Gasteiger partial charge in [0, 0.05) is 5.56 Å². The van der Waals surface area contributed by atoms with E-state index in [0.29, 0.717) is 21.9 Å². The summed E-state index contributed by atoms with van der Waals surface area (Å²) < 4.78 is 5.41. The van der Waals surface area contributed by atoms with Crippen LogP contribution in [0.3, 0.4) is 0 Å². The predicted octanol–water partition coefficient (Wildman–Crippen LogP) is 3.08. The number of H-pyrrole nitrogens is 2. The number of aromatic nitrogens is 2. The minimum Gasteiger partial charge on any atom is -0.478 e. The molecular formula is C15H10ClN3O2. The van der Waals surface area contributed by atoms with Crippen LogP contribution in [0.2, 0.25) is 5.02 Å². The van der Waals surface area contributed by atoms with Gasteiger partial charge in [0.25, 0.3) is 0 Å². The van der Waals surface area contributed by atoms with Gasteiger partial charge in [0.1, 0.15) is 11.8 Å². The van der Waals surface area contributed by atoms with E-state index in [1.807, 2.05) is 18.2 Å². The van der Waals surface area contributed by atoms with Gasteiger partial charge < -0.3 is 14.7 Å². The highest BCUT2D eigenvalue weighted by molar-refractivity contribution is 6.33. The van der Waals surface area contributed by atoms with Crippen LogP contribution in [0.4, 0.5) is 0 Å². The number of fused-ring (bicyclic) bond motifs is 1. The Morgan fingerprint density at radius 2 is 2.00 bits per heavy atom. The number of nitriles is 1. The van der Waals surface area contributed by atoms with Crippen molar-refractivity contribution >= 4 is 22.6 Å². The molecule has 5 nitrogen and oxygen atoms in total. The van der Waals surface area contributed by atoms with E-state index >= 15 is 0 Å². The molecule has 0 aliphatic rings. The maximum atomic E-state index is 11.3. The van der Waals surface area contributed by atoms with Crippen molar-refractivity contribution in [3.05, 3.63) is 51.9 Å². The largest absolute Gasteiger partial charge is 0.478 e.